The number of aryl methyl sites for hydroxylation is 2. The minimum Gasteiger partial charge on any atom is -0.309 e. The summed E-state index contributed by atoms with van der Waals surface area (Å²) in [5.74, 6) is 0. The first kappa shape index (κ1) is 12.8. The van der Waals surface area contributed by atoms with Gasteiger partial charge in [0.15, 0.2) is 0 Å². The molecular weight excluding hydrogens is 248 g/mol. The average Bonchev–Trinajstić information content (AvgIpc) is 2.88. The van der Waals surface area contributed by atoms with Crippen LogP contribution in [0.15, 0.2) is 43.0 Å². The van der Waals surface area contributed by atoms with Gasteiger partial charge in [-0.1, -0.05) is 23.8 Å². The molecule has 0 aliphatic heterocycles. The van der Waals surface area contributed by atoms with Crippen molar-refractivity contribution < 1.29 is 0 Å². The number of rotatable bonds is 3. The molecule has 1 aromatic carbocycles. The highest BCUT2D eigenvalue weighted by molar-refractivity contribution is 5.56. The molecule has 0 aliphatic carbocycles. The first-order valence-electron chi connectivity index (χ1n) is 6.72. The molecule has 0 spiro atoms. The summed E-state index contributed by atoms with van der Waals surface area (Å²) in [5.41, 5.74) is 6.01. The van der Waals surface area contributed by atoms with Gasteiger partial charge >= 0.3 is 0 Å². The minimum absolute atomic E-state index is 0.122. The number of nitrogens with one attached hydrogen (secondary N) is 1. The highest BCUT2D eigenvalue weighted by Gasteiger charge is 2.18. The van der Waals surface area contributed by atoms with Crippen molar-refractivity contribution in [1.29, 1.82) is 0 Å². The molecule has 0 aliphatic rings. The van der Waals surface area contributed by atoms with E-state index in [2.05, 4.69) is 47.4 Å². The van der Waals surface area contributed by atoms with Gasteiger partial charge < -0.3 is 5.32 Å². The van der Waals surface area contributed by atoms with Crippen LogP contribution in [-0.2, 0) is 0 Å². The van der Waals surface area contributed by atoms with Crippen molar-refractivity contribution in [2.75, 3.05) is 7.05 Å². The molecule has 102 valence electrons. The monoisotopic (exact) mass is 266 g/mol. The first-order valence-corrected chi connectivity index (χ1v) is 6.72. The maximum Gasteiger partial charge on any atom is 0.0896 e. The summed E-state index contributed by atoms with van der Waals surface area (Å²) in [4.78, 5) is 4.21. The van der Waals surface area contributed by atoms with E-state index in [0.717, 1.165) is 11.1 Å². The molecule has 2 heterocycles. The Hall–Kier alpha value is -2.20. The van der Waals surface area contributed by atoms with Gasteiger partial charge in [0.2, 0.25) is 0 Å². The molecule has 2 aromatic heterocycles. The summed E-state index contributed by atoms with van der Waals surface area (Å²) >= 11 is 0. The van der Waals surface area contributed by atoms with E-state index in [0.29, 0.717) is 0 Å². The number of fused-ring (bicyclic) bond motifs is 1. The van der Waals surface area contributed by atoms with Gasteiger partial charge in [-0.15, -0.1) is 0 Å². The Morgan fingerprint density at radius 3 is 2.80 bits per heavy atom. The van der Waals surface area contributed by atoms with E-state index in [1.807, 2.05) is 30.2 Å². The van der Waals surface area contributed by atoms with Crippen LogP contribution >= 0.6 is 0 Å². The van der Waals surface area contributed by atoms with E-state index < -0.39 is 0 Å². The van der Waals surface area contributed by atoms with Crippen LogP contribution in [0.2, 0.25) is 0 Å². The standard InChI is InChI=1S/C16H18N4/c1-11-4-5-12(2)13(8-11)16(17-3)14-9-19-20-7-6-18-10-15(14)20/h4-10,16-17H,1-3H3. The fourth-order valence-corrected chi connectivity index (χ4v) is 2.62. The average molecular weight is 266 g/mol. The smallest absolute Gasteiger partial charge is 0.0896 e. The molecule has 4 heteroatoms. The lowest BCUT2D eigenvalue weighted by molar-refractivity contribution is 0.691. The largest absolute Gasteiger partial charge is 0.309 e. The van der Waals surface area contributed by atoms with E-state index in [-0.39, 0.29) is 6.04 Å². The number of hydrogen-bond acceptors (Lipinski definition) is 3. The topological polar surface area (TPSA) is 42.2 Å². The number of benzene rings is 1. The maximum atomic E-state index is 4.40. The summed E-state index contributed by atoms with van der Waals surface area (Å²) in [7, 11) is 1.98. The number of hydrogen-bond donors (Lipinski definition) is 1. The molecule has 0 saturated carbocycles. The normalized spacial score (nSPS) is 12.8. The Bertz CT molecular complexity index is 745. The number of aromatic nitrogens is 3. The van der Waals surface area contributed by atoms with Gasteiger partial charge in [0.1, 0.15) is 0 Å². The van der Waals surface area contributed by atoms with Gasteiger partial charge in [-0.3, -0.25) is 4.98 Å². The SMILES string of the molecule is CNC(c1cc(C)ccc1C)c1cnn2ccncc12. The fourth-order valence-electron chi connectivity index (χ4n) is 2.62. The molecule has 0 fully saturated rings. The van der Waals surface area contributed by atoms with E-state index in [1.165, 1.54) is 16.7 Å². The summed E-state index contributed by atoms with van der Waals surface area (Å²) in [5, 5.41) is 7.80. The van der Waals surface area contributed by atoms with Crippen LogP contribution in [0.1, 0.15) is 28.3 Å². The summed E-state index contributed by atoms with van der Waals surface area (Å²) in [6.45, 7) is 4.26. The van der Waals surface area contributed by atoms with Crippen LogP contribution in [0.5, 0.6) is 0 Å². The molecule has 20 heavy (non-hydrogen) atoms. The molecule has 1 unspecified atom stereocenters. The van der Waals surface area contributed by atoms with E-state index in [9.17, 15) is 0 Å². The van der Waals surface area contributed by atoms with Crippen molar-refractivity contribution in [1.82, 2.24) is 19.9 Å². The van der Waals surface area contributed by atoms with Gasteiger partial charge in [0, 0.05) is 18.0 Å². The van der Waals surface area contributed by atoms with Crippen molar-refractivity contribution in [2.24, 2.45) is 0 Å². The van der Waals surface area contributed by atoms with Crippen LogP contribution in [-0.4, -0.2) is 21.6 Å². The third-order valence-electron chi connectivity index (χ3n) is 3.70. The lowest BCUT2D eigenvalue weighted by Gasteiger charge is -2.18. The summed E-state index contributed by atoms with van der Waals surface area (Å²) in [6.07, 6.45) is 7.39. The zero-order chi connectivity index (χ0) is 14.1. The molecule has 1 atom stereocenters. The van der Waals surface area contributed by atoms with Gasteiger partial charge in [0.05, 0.1) is 24.0 Å². The second-order valence-corrected chi connectivity index (χ2v) is 5.09. The predicted octanol–water partition coefficient (Wildman–Crippen LogP) is 2.65. The van der Waals surface area contributed by atoms with E-state index in [1.54, 1.807) is 6.20 Å². The Morgan fingerprint density at radius 2 is 2.00 bits per heavy atom. The Balaban J connectivity index is 2.16. The zero-order valence-electron chi connectivity index (χ0n) is 12.0. The Kier molecular flexibility index (Phi) is 3.24. The summed E-state index contributed by atoms with van der Waals surface area (Å²) < 4.78 is 1.86. The highest BCUT2D eigenvalue weighted by Crippen LogP contribution is 2.28. The predicted molar refractivity (Wildman–Crippen MR) is 79.8 cm³/mol. The molecule has 0 saturated heterocycles. The maximum absolute atomic E-state index is 4.40. The van der Waals surface area contributed by atoms with Gasteiger partial charge in [-0.2, -0.15) is 5.10 Å². The third-order valence-corrected chi connectivity index (χ3v) is 3.70. The van der Waals surface area contributed by atoms with Crippen molar-refractivity contribution in [3.8, 4) is 0 Å². The van der Waals surface area contributed by atoms with Crippen molar-refractivity contribution in [3.05, 3.63) is 65.2 Å². The van der Waals surface area contributed by atoms with Crippen LogP contribution in [0, 0.1) is 13.8 Å². The first-order chi connectivity index (χ1) is 9.70. The van der Waals surface area contributed by atoms with E-state index >= 15 is 0 Å². The zero-order valence-corrected chi connectivity index (χ0v) is 12.0. The molecule has 3 rings (SSSR count). The number of nitrogens with zero attached hydrogens (tertiary/aromatic N) is 3. The lowest BCUT2D eigenvalue weighted by atomic mass is 9.94. The minimum atomic E-state index is 0.122. The molecule has 0 radical (unpaired) electrons. The van der Waals surface area contributed by atoms with Crippen LogP contribution in [0.25, 0.3) is 5.52 Å². The van der Waals surface area contributed by atoms with Crippen LogP contribution in [0.3, 0.4) is 0 Å². The molecule has 0 amide bonds. The van der Waals surface area contributed by atoms with Gasteiger partial charge in [0.25, 0.3) is 0 Å². The molecular formula is C16H18N4. The Labute approximate surface area is 118 Å². The van der Waals surface area contributed by atoms with Crippen LogP contribution in [0.4, 0.5) is 0 Å². The summed E-state index contributed by atoms with van der Waals surface area (Å²) in [6, 6.07) is 6.66. The van der Waals surface area contributed by atoms with Crippen molar-refractivity contribution in [3.63, 3.8) is 0 Å². The second kappa shape index (κ2) is 5.06. The van der Waals surface area contributed by atoms with E-state index in [4.69, 9.17) is 0 Å². The fraction of sp³-hybridized carbons (Fsp3) is 0.250. The van der Waals surface area contributed by atoms with Crippen molar-refractivity contribution >= 4 is 5.52 Å². The highest BCUT2D eigenvalue weighted by atomic mass is 15.2. The molecule has 1 N–H and O–H groups in total. The third kappa shape index (κ3) is 2.08. The Morgan fingerprint density at radius 1 is 1.15 bits per heavy atom. The quantitative estimate of drug-likeness (QED) is 0.792. The molecule has 3 aromatic rings. The molecule has 4 nitrogen and oxygen atoms in total. The lowest BCUT2D eigenvalue weighted by Crippen LogP contribution is -2.18. The van der Waals surface area contributed by atoms with Gasteiger partial charge in [-0.05, 0) is 32.0 Å². The second-order valence-electron chi connectivity index (χ2n) is 5.09. The van der Waals surface area contributed by atoms with Crippen LogP contribution < -0.4 is 5.32 Å². The molecule has 0 bridgehead atoms. The van der Waals surface area contributed by atoms with Gasteiger partial charge in [-0.25, -0.2) is 4.52 Å². The van der Waals surface area contributed by atoms with Crippen molar-refractivity contribution in [2.45, 2.75) is 19.9 Å².